The van der Waals surface area contributed by atoms with Crippen molar-refractivity contribution in [1.29, 1.82) is 0 Å². The van der Waals surface area contributed by atoms with Crippen molar-refractivity contribution in [1.82, 2.24) is 9.88 Å². The highest BCUT2D eigenvalue weighted by Gasteiger charge is 2.04. The second-order valence-corrected chi connectivity index (χ2v) is 5.49. The van der Waals surface area contributed by atoms with E-state index in [-0.39, 0.29) is 18.0 Å². The first-order valence-electron chi connectivity index (χ1n) is 6.23. The monoisotopic (exact) mass is 334 g/mol. The maximum atomic E-state index is 11.8. The smallest absolute Gasteiger partial charge is 0.251 e. The third-order valence-electron chi connectivity index (χ3n) is 2.87. The molecule has 0 aliphatic heterocycles. The number of hydrogen-bond acceptors (Lipinski definition) is 2. The highest BCUT2D eigenvalue weighted by Crippen LogP contribution is 2.05. The van der Waals surface area contributed by atoms with Crippen molar-refractivity contribution in [3.05, 3.63) is 68.5 Å². The van der Waals surface area contributed by atoms with Crippen molar-refractivity contribution in [3.63, 3.8) is 0 Å². The van der Waals surface area contributed by atoms with Crippen LogP contribution in [0.3, 0.4) is 0 Å². The molecule has 0 aliphatic carbocycles. The summed E-state index contributed by atoms with van der Waals surface area (Å²) < 4.78 is 2.14. The molecule has 2 aromatic rings. The lowest BCUT2D eigenvalue weighted by Crippen LogP contribution is -2.31. The second kappa shape index (κ2) is 6.52. The van der Waals surface area contributed by atoms with Crippen LogP contribution in [-0.2, 0) is 17.9 Å². The highest BCUT2D eigenvalue weighted by atomic mass is 79.9. The molecule has 0 saturated carbocycles. The van der Waals surface area contributed by atoms with Crippen LogP contribution in [0.15, 0.2) is 51.9 Å². The fourth-order valence-corrected chi connectivity index (χ4v) is 2.12. The van der Waals surface area contributed by atoms with Crippen molar-refractivity contribution in [2.75, 3.05) is 0 Å². The molecule has 0 bridgehead atoms. The van der Waals surface area contributed by atoms with E-state index in [4.69, 9.17) is 0 Å². The number of aromatic nitrogens is 1. The van der Waals surface area contributed by atoms with Gasteiger partial charge in [0, 0.05) is 23.3 Å². The molecule has 0 aliphatic rings. The van der Waals surface area contributed by atoms with Gasteiger partial charge in [0.15, 0.2) is 0 Å². The molecule has 0 saturated heterocycles. The number of rotatable bonds is 4. The molecule has 0 unspecified atom stereocenters. The number of aryl methyl sites for hydroxylation is 1. The Morgan fingerprint density at radius 1 is 1.20 bits per heavy atom. The first kappa shape index (κ1) is 14.5. The van der Waals surface area contributed by atoms with Crippen LogP contribution in [0.1, 0.15) is 11.1 Å². The lowest BCUT2D eigenvalue weighted by molar-refractivity contribution is -0.121. The zero-order valence-corrected chi connectivity index (χ0v) is 12.7. The fraction of sp³-hybridized carbons (Fsp3) is 0.200. The van der Waals surface area contributed by atoms with Gasteiger partial charge in [0.25, 0.3) is 5.56 Å². The van der Waals surface area contributed by atoms with Crippen LogP contribution in [0.2, 0.25) is 0 Å². The fourth-order valence-electron chi connectivity index (χ4n) is 1.74. The van der Waals surface area contributed by atoms with Crippen LogP contribution in [0.5, 0.6) is 0 Å². The minimum Gasteiger partial charge on any atom is -0.350 e. The third-order valence-corrected chi connectivity index (χ3v) is 3.34. The minimum absolute atomic E-state index is 0.0180. The summed E-state index contributed by atoms with van der Waals surface area (Å²) in [6, 6.07) is 11.0. The van der Waals surface area contributed by atoms with Gasteiger partial charge < -0.3 is 9.88 Å². The van der Waals surface area contributed by atoms with E-state index in [9.17, 15) is 9.59 Å². The predicted octanol–water partition coefficient (Wildman–Crippen LogP) is 2.24. The molecule has 0 fully saturated rings. The molecule has 4 nitrogen and oxygen atoms in total. The summed E-state index contributed by atoms with van der Waals surface area (Å²) in [7, 11) is 0. The van der Waals surface area contributed by atoms with Crippen molar-refractivity contribution in [2.45, 2.75) is 20.0 Å². The Morgan fingerprint density at radius 2 is 1.90 bits per heavy atom. The van der Waals surface area contributed by atoms with E-state index in [1.54, 1.807) is 12.3 Å². The van der Waals surface area contributed by atoms with E-state index < -0.39 is 0 Å². The molecule has 0 radical (unpaired) electrons. The van der Waals surface area contributed by atoms with Gasteiger partial charge in [-0.25, -0.2) is 0 Å². The summed E-state index contributed by atoms with van der Waals surface area (Å²) in [4.78, 5) is 23.4. The topological polar surface area (TPSA) is 51.1 Å². The second-order valence-electron chi connectivity index (χ2n) is 4.58. The van der Waals surface area contributed by atoms with Crippen LogP contribution in [0.4, 0.5) is 0 Å². The van der Waals surface area contributed by atoms with E-state index in [2.05, 4.69) is 21.2 Å². The molecule has 1 heterocycles. The lowest BCUT2D eigenvalue weighted by Gasteiger charge is -2.08. The van der Waals surface area contributed by atoms with E-state index in [0.717, 1.165) is 10.0 Å². The summed E-state index contributed by atoms with van der Waals surface area (Å²) in [6.45, 7) is 2.49. The zero-order valence-electron chi connectivity index (χ0n) is 11.1. The Labute approximate surface area is 125 Å². The number of carbonyl (C=O) groups excluding carboxylic acids is 1. The maximum absolute atomic E-state index is 11.8. The molecular formula is C15H15BrN2O2. The van der Waals surface area contributed by atoms with E-state index in [1.807, 2.05) is 31.2 Å². The van der Waals surface area contributed by atoms with Crippen molar-refractivity contribution < 1.29 is 4.79 Å². The van der Waals surface area contributed by atoms with Crippen LogP contribution in [0, 0.1) is 6.92 Å². The van der Waals surface area contributed by atoms with Crippen LogP contribution < -0.4 is 10.9 Å². The van der Waals surface area contributed by atoms with Gasteiger partial charge in [-0.2, -0.15) is 0 Å². The Kier molecular flexibility index (Phi) is 4.74. The molecule has 2 rings (SSSR count). The lowest BCUT2D eigenvalue weighted by atomic mass is 10.1. The first-order chi connectivity index (χ1) is 9.54. The quantitative estimate of drug-likeness (QED) is 0.932. The molecule has 20 heavy (non-hydrogen) atoms. The van der Waals surface area contributed by atoms with Crippen molar-refractivity contribution in [2.24, 2.45) is 0 Å². The molecule has 104 valence electrons. The summed E-state index contributed by atoms with van der Waals surface area (Å²) in [5.74, 6) is -0.189. The molecule has 1 amide bonds. The Bertz CT molecular complexity index is 662. The van der Waals surface area contributed by atoms with Crippen LogP contribution in [-0.4, -0.2) is 10.5 Å². The normalized spacial score (nSPS) is 10.3. The SMILES string of the molecule is Cc1ccc(CNC(=O)Cn2cc(Br)ccc2=O)cc1. The number of amides is 1. The van der Waals surface area contributed by atoms with Gasteiger partial charge in [-0.15, -0.1) is 0 Å². The number of hydrogen-bond donors (Lipinski definition) is 1. The third kappa shape index (κ3) is 4.06. The van der Waals surface area contributed by atoms with Crippen LogP contribution >= 0.6 is 15.9 Å². The number of pyridine rings is 1. The van der Waals surface area contributed by atoms with Crippen molar-refractivity contribution in [3.8, 4) is 0 Å². The summed E-state index contributed by atoms with van der Waals surface area (Å²) in [6.07, 6.45) is 1.60. The van der Waals surface area contributed by atoms with Gasteiger partial charge in [-0.05, 0) is 34.5 Å². The van der Waals surface area contributed by atoms with Crippen LogP contribution in [0.25, 0.3) is 0 Å². The minimum atomic E-state index is -0.196. The maximum Gasteiger partial charge on any atom is 0.251 e. The van der Waals surface area contributed by atoms with Gasteiger partial charge in [0.2, 0.25) is 5.91 Å². The van der Waals surface area contributed by atoms with Gasteiger partial charge in [-0.3, -0.25) is 9.59 Å². The average Bonchev–Trinajstić information content (AvgIpc) is 2.42. The number of benzene rings is 1. The summed E-state index contributed by atoms with van der Waals surface area (Å²) in [5, 5.41) is 2.80. The molecule has 1 N–H and O–H groups in total. The van der Waals surface area contributed by atoms with E-state index in [1.165, 1.54) is 16.2 Å². The Hall–Kier alpha value is -1.88. The molecule has 0 atom stereocenters. The molecular weight excluding hydrogens is 320 g/mol. The largest absolute Gasteiger partial charge is 0.350 e. The molecule has 1 aromatic heterocycles. The van der Waals surface area contributed by atoms with Gasteiger partial charge in [-0.1, -0.05) is 29.8 Å². The Morgan fingerprint density at radius 3 is 2.60 bits per heavy atom. The predicted molar refractivity (Wildman–Crippen MR) is 81.4 cm³/mol. The van der Waals surface area contributed by atoms with Gasteiger partial charge >= 0.3 is 0 Å². The first-order valence-corrected chi connectivity index (χ1v) is 7.02. The summed E-state index contributed by atoms with van der Waals surface area (Å²) >= 11 is 3.28. The highest BCUT2D eigenvalue weighted by molar-refractivity contribution is 9.10. The van der Waals surface area contributed by atoms with Gasteiger partial charge in [0.05, 0.1) is 0 Å². The van der Waals surface area contributed by atoms with E-state index >= 15 is 0 Å². The number of nitrogens with one attached hydrogen (secondary N) is 1. The number of nitrogens with zero attached hydrogens (tertiary/aromatic N) is 1. The molecule has 0 spiro atoms. The summed E-state index contributed by atoms with van der Waals surface area (Å²) in [5.41, 5.74) is 2.02. The van der Waals surface area contributed by atoms with E-state index in [0.29, 0.717) is 6.54 Å². The Balaban J connectivity index is 1.94. The standard InChI is InChI=1S/C15H15BrN2O2/c1-11-2-4-12(5-3-11)8-17-14(19)10-18-9-13(16)6-7-15(18)20/h2-7,9H,8,10H2,1H3,(H,17,19). The van der Waals surface area contributed by atoms with Crippen molar-refractivity contribution >= 4 is 21.8 Å². The number of halogens is 1. The molecule has 1 aromatic carbocycles. The molecule has 5 heteroatoms. The van der Waals surface area contributed by atoms with Gasteiger partial charge in [0.1, 0.15) is 6.54 Å². The zero-order chi connectivity index (χ0) is 14.5. The average molecular weight is 335 g/mol. The number of carbonyl (C=O) groups is 1.